The van der Waals surface area contributed by atoms with Crippen LogP contribution in [-0.4, -0.2) is 24.6 Å². The maximum absolute atomic E-state index is 12.5. The SMILES string of the molecule is CCOC(=O)C(C#N)=C1CC[C@H]2[C@@H]3CC=C4C[C@@H](OC(C)=O)CC[C@]4(C)[C@H]3CC[C@]12C. The zero-order valence-corrected chi connectivity index (χ0v) is 19.3. The highest BCUT2D eigenvalue weighted by Gasteiger charge is 2.58. The normalized spacial score (nSPS) is 40.4. The van der Waals surface area contributed by atoms with Crippen LogP contribution in [0.15, 0.2) is 22.8 Å². The molecule has 0 amide bonds. The summed E-state index contributed by atoms with van der Waals surface area (Å²) in [6, 6.07) is 2.18. The summed E-state index contributed by atoms with van der Waals surface area (Å²) < 4.78 is 10.7. The van der Waals surface area contributed by atoms with Crippen LogP contribution in [-0.2, 0) is 19.1 Å². The number of nitriles is 1. The van der Waals surface area contributed by atoms with E-state index in [9.17, 15) is 14.9 Å². The standard InChI is InChI=1S/C26H35NO4/c1-5-30-24(29)20(15-27)22-9-8-21-19-7-6-17-14-18(31-16(2)28)10-12-25(17,3)23(19)11-13-26(21,22)4/h6,18-19,21,23H,5,7-14H2,1-4H3/t18-,19-,21-,23-,25-,26-/m0/s1. The topological polar surface area (TPSA) is 76.4 Å². The minimum atomic E-state index is -0.453. The van der Waals surface area contributed by atoms with Crippen molar-refractivity contribution < 1.29 is 19.1 Å². The summed E-state index contributed by atoms with van der Waals surface area (Å²) in [7, 11) is 0. The molecule has 0 bridgehead atoms. The summed E-state index contributed by atoms with van der Waals surface area (Å²) in [5.41, 5.74) is 2.86. The minimum Gasteiger partial charge on any atom is -0.462 e. The first kappa shape index (κ1) is 22.1. The lowest BCUT2D eigenvalue weighted by Gasteiger charge is -2.57. The monoisotopic (exact) mass is 425 g/mol. The second-order valence-electron chi connectivity index (χ2n) is 10.4. The minimum absolute atomic E-state index is 0.0195. The van der Waals surface area contributed by atoms with E-state index in [0.29, 0.717) is 24.4 Å². The largest absolute Gasteiger partial charge is 0.462 e. The molecule has 5 heteroatoms. The number of nitrogens with zero attached hydrogens (tertiary/aromatic N) is 1. The highest BCUT2D eigenvalue weighted by Crippen LogP contribution is 2.66. The lowest BCUT2D eigenvalue weighted by atomic mass is 9.47. The Hall–Kier alpha value is -2.09. The lowest BCUT2D eigenvalue weighted by molar-refractivity contribution is -0.148. The summed E-state index contributed by atoms with van der Waals surface area (Å²) in [6.45, 7) is 8.28. The Morgan fingerprint density at radius 3 is 2.55 bits per heavy atom. The summed E-state index contributed by atoms with van der Waals surface area (Å²) in [5, 5.41) is 9.75. The lowest BCUT2D eigenvalue weighted by Crippen LogP contribution is -2.50. The number of hydrogen-bond acceptors (Lipinski definition) is 5. The van der Waals surface area contributed by atoms with Crippen molar-refractivity contribution in [1.29, 1.82) is 5.26 Å². The molecule has 0 aliphatic heterocycles. The molecule has 4 rings (SSSR count). The first-order valence-electron chi connectivity index (χ1n) is 11.9. The average Bonchev–Trinajstić information content (AvgIpc) is 3.06. The Kier molecular flexibility index (Phi) is 5.79. The van der Waals surface area contributed by atoms with E-state index < -0.39 is 5.97 Å². The van der Waals surface area contributed by atoms with Gasteiger partial charge in [0.1, 0.15) is 17.7 Å². The zero-order valence-electron chi connectivity index (χ0n) is 19.3. The van der Waals surface area contributed by atoms with Gasteiger partial charge in [-0.3, -0.25) is 4.79 Å². The van der Waals surface area contributed by atoms with Crippen LogP contribution < -0.4 is 0 Å². The van der Waals surface area contributed by atoms with Gasteiger partial charge in [-0.1, -0.05) is 25.5 Å². The molecule has 0 aromatic rings. The predicted molar refractivity (Wildman–Crippen MR) is 117 cm³/mol. The summed E-state index contributed by atoms with van der Waals surface area (Å²) >= 11 is 0. The van der Waals surface area contributed by atoms with Crippen LogP contribution in [0.1, 0.15) is 79.1 Å². The van der Waals surface area contributed by atoms with E-state index in [-0.39, 0.29) is 28.5 Å². The van der Waals surface area contributed by atoms with E-state index in [0.717, 1.165) is 56.9 Å². The van der Waals surface area contributed by atoms with E-state index >= 15 is 0 Å². The van der Waals surface area contributed by atoms with Gasteiger partial charge in [-0.15, -0.1) is 0 Å². The number of ether oxygens (including phenoxy) is 2. The second kappa shape index (κ2) is 8.11. The third-order valence-corrected chi connectivity index (χ3v) is 9.07. The molecule has 6 atom stereocenters. The molecule has 0 spiro atoms. The molecule has 0 radical (unpaired) electrons. The maximum atomic E-state index is 12.5. The average molecular weight is 426 g/mol. The third kappa shape index (κ3) is 3.52. The molecule has 5 nitrogen and oxygen atoms in total. The first-order chi connectivity index (χ1) is 14.7. The number of rotatable bonds is 3. The molecule has 0 heterocycles. The van der Waals surface area contributed by atoms with Crippen LogP contribution in [0.4, 0.5) is 0 Å². The second-order valence-corrected chi connectivity index (χ2v) is 10.4. The molecule has 31 heavy (non-hydrogen) atoms. The van der Waals surface area contributed by atoms with Crippen molar-refractivity contribution in [3.05, 3.63) is 22.8 Å². The van der Waals surface area contributed by atoms with Crippen molar-refractivity contribution in [2.24, 2.45) is 28.6 Å². The smallest absolute Gasteiger partial charge is 0.348 e. The Morgan fingerprint density at radius 1 is 1.16 bits per heavy atom. The van der Waals surface area contributed by atoms with E-state index in [1.54, 1.807) is 6.92 Å². The van der Waals surface area contributed by atoms with Crippen molar-refractivity contribution in [2.45, 2.75) is 85.2 Å². The molecule has 168 valence electrons. The quantitative estimate of drug-likeness (QED) is 0.267. The number of carbonyl (C=O) groups is 2. The van der Waals surface area contributed by atoms with E-state index in [1.807, 2.05) is 0 Å². The molecular formula is C26H35NO4. The van der Waals surface area contributed by atoms with Crippen LogP contribution in [0.2, 0.25) is 0 Å². The summed E-state index contributed by atoms with van der Waals surface area (Å²) in [6.07, 6.45) is 10.4. The van der Waals surface area contributed by atoms with Crippen LogP contribution in [0.5, 0.6) is 0 Å². The molecule has 0 N–H and O–H groups in total. The van der Waals surface area contributed by atoms with Gasteiger partial charge in [0.2, 0.25) is 0 Å². The summed E-state index contributed by atoms with van der Waals surface area (Å²) in [5.74, 6) is 1.07. The molecule has 4 aliphatic carbocycles. The maximum Gasteiger partial charge on any atom is 0.348 e. The van der Waals surface area contributed by atoms with Gasteiger partial charge in [0.25, 0.3) is 0 Å². The zero-order chi connectivity index (χ0) is 22.4. The van der Waals surface area contributed by atoms with Crippen LogP contribution in [0.25, 0.3) is 0 Å². The molecule has 0 unspecified atom stereocenters. The van der Waals surface area contributed by atoms with Gasteiger partial charge in [0.05, 0.1) is 6.61 Å². The fourth-order valence-corrected chi connectivity index (χ4v) is 7.63. The molecule has 0 aromatic heterocycles. The highest BCUT2D eigenvalue weighted by molar-refractivity contribution is 5.94. The van der Waals surface area contributed by atoms with Crippen LogP contribution >= 0.6 is 0 Å². The van der Waals surface area contributed by atoms with Crippen molar-refractivity contribution >= 4 is 11.9 Å². The molecule has 0 aromatic carbocycles. The molecule has 0 saturated heterocycles. The van der Waals surface area contributed by atoms with E-state index in [2.05, 4.69) is 26.0 Å². The van der Waals surface area contributed by atoms with Gasteiger partial charge < -0.3 is 9.47 Å². The fraction of sp³-hybridized carbons (Fsp3) is 0.731. The van der Waals surface area contributed by atoms with Crippen molar-refractivity contribution in [3.63, 3.8) is 0 Å². The fourth-order valence-electron chi connectivity index (χ4n) is 7.63. The third-order valence-electron chi connectivity index (χ3n) is 9.07. The van der Waals surface area contributed by atoms with Gasteiger partial charge in [0, 0.05) is 13.3 Å². The van der Waals surface area contributed by atoms with E-state index in [1.165, 1.54) is 12.5 Å². The van der Waals surface area contributed by atoms with Crippen molar-refractivity contribution in [1.82, 2.24) is 0 Å². The van der Waals surface area contributed by atoms with Gasteiger partial charge in [-0.2, -0.15) is 5.26 Å². The molecule has 3 fully saturated rings. The first-order valence-corrected chi connectivity index (χ1v) is 11.9. The highest BCUT2D eigenvalue weighted by atomic mass is 16.5. The Morgan fingerprint density at radius 2 is 1.87 bits per heavy atom. The number of esters is 2. The van der Waals surface area contributed by atoms with Gasteiger partial charge >= 0.3 is 11.9 Å². The molecule has 4 aliphatic rings. The summed E-state index contributed by atoms with van der Waals surface area (Å²) in [4.78, 5) is 23.9. The Bertz CT molecular complexity index is 880. The van der Waals surface area contributed by atoms with Crippen LogP contribution in [0, 0.1) is 39.9 Å². The van der Waals surface area contributed by atoms with Crippen LogP contribution in [0.3, 0.4) is 0 Å². The predicted octanol–water partition coefficient (Wildman–Crippen LogP) is 5.26. The number of carbonyl (C=O) groups excluding carboxylic acids is 2. The Balaban J connectivity index is 1.62. The van der Waals surface area contributed by atoms with Crippen molar-refractivity contribution in [3.8, 4) is 6.07 Å². The number of allylic oxidation sites excluding steroid dienone is 2. The number of hydrogen-bond donors (Lipinski definition) is 0. The Labute approximate surface area is 185 Å². The van der Waals surface area contributed by atoms with Crippen molar-refractivity contribution in [2.75, 3.05) is 6.61 Å². The molecular weight excluding hydrogens is 390 g/mol. The van der Waals surface area contributed by atoms with E-state index in [4.69, 9.17) is 9.47 Å². The molecule has 3 saturated carbocycles. The number of fused-ring (bicyclic) bond motifs is 5. The van der Waals surface area contributed by atoms with Gasteiger partial charge in [-0.05, 0) is 86.0 Å². The van der Waals surface area contributed by atoms with Gasteiger partial charge in [0.15, 0.2) is 0 Å². The van der Waals surface area contributed by atoms with Gasteiger partial charge in [-0.25, -0.2) is 4.79 Å².